The van der Waals surface area contributed by atoms with Crippen molar-refractivity contribution in [1.29, 1.82) is 0 Å². The highest BCUT2D eigenvalue weighted by atomic mass is 79.9. The van der Waals surface area contributed by atoms with Crippen LogP contribution in [-0.2, 0) is 28.7 Å². The van der Waals surface area contributed by atoms with Crippen LogP contribution < -0.4 is 5.32 Å². The number of aliphatic hydroxyl groups is 1. The van der Waals surface area contributed by atoms with Crippen molar-refractivity contribution in [3.05, 3.63) is 58.6 Å². The normalized spacial score (nSPS) is 32.4. The first kappa shape index (κ1) is 32.4. The van der Waals surface area contributed by atoms with E-state index < -0.39 is 53.5 Å². The summed E-state index contributed by atoms with van der Waals surface area (Å²) in [7, 11) is 0. The molecule has 44 heavy (non-hydrogen) atoms. The number of carbonyl (C=O) groups is 4. The minimum absolute atomic E-state index is 0.0741. The Morgan fingerprint density at radius 1 is 1.11 bits per heavy atom. The molecule has 0 saturated carbocycles. The van der Waals surface area contributed by atoms with Gasteiger partial charge in [0.2, 0.25) is 17.7 Å². The second-order valence-corrected chi connectivity index (χ2v) is 13.3. The molecule has 238 valence electrons. The lowest BCUT2D eigenvalue weighted by molar-refractivity contribution is -0.151. The van der Waals surface area contributed by atoms with E-state index in [0.717, 1.165) is 18.4 Å². The van der Waals surface area contributed by atoms with Crippen molar-refractivity contribution >= 4 is 39.6 Å². The van der Waals surface area contributed by atoms with Crippen LogP contribution in [0.5, 0.6) is 0 Å². The fraction of sp³-hybridized carbons (Fsp3) is 0.576. The van der Waals surface area contributed by atoms with E-state index in [0.29, 0.717) is 17.4 Å². The number of hydrogen-bond donors (Lipinski definition) is 2. The highest BCUT2D eigenvalue weighted by Gasteiger charge is 2.75. The minimum Gasteiger partial charge on any atom is -0.463 e. The van der Waals surface area contributed by atoms with Crippen molar-refractivity contribution < 1.29 is 33.8 Å². The summed E-state index contributed by atoms with van der Waals surface area (Å²) in [4.78, 5) is 59.2. The number of halogens is 1. The quantitative estimate of drug-likeness (QED) is 0.337. The average molecular weight is 673 g/mol. The van der Waals surface area contributed by atoms with Crippen LogP contribution >= 0.6 is 15.9 Å². The number of allylic oxidation sites excluding steroid dienone is 1. The van der Waals surface area contributed by atoms with Gasteiger partial charge in [-0.05, 0) is 30.4 Å². The van der Waals surface area contributed by atoms with Gasteiger partial charge in [0.1, 0.15) is 24.4 Å². The maximum absolute atomic E-state index is 14.6. The average Bonchev–Trinajstić information content (AvgIpc) is 3.60. The minimum atomic E-state index is -1.39. The number of esters is 1. The van der Waals surface area contributed by atoms with Crippen LogP contribution in [-0.4, -0.2) is 88.7 Å². The lowest BCUT2D eigenvalue weighted by Crippen LogP contribution is -2.59. The van der Waals surface area contributed by atoms with Gasteiger partial charge in [-0.2, -0.15) is 0 Å². The molecule has 3 amide bonds. The third-order valence-corrected chi connectivity index (χ3v) is 9.92. The molecule has 0 radical (unpaired) electrons. The molecule has 5 rings (SSSR count). The van der Waals surface area contributed by atoms with E-state index in [-0.39, 0.29) is 43.9 Å². The molecule has 0 unspecified atom stereocenters. The number of cyclic esters (lactones) is 1. The zero-order valence-electron chi connectivity index (χ0n) is 25.5. The number of likely N-dealkylation sites (tertiary alicyclic amines) is 1. The summed E-state index contributed by atoms with van der Waals surface area (Å²) in [6.45, 7) is 6.18. The van der Waals surface area contributed by atoms with Crippen LogP contribution in [0.15, 0.2) is 53.0 Å². The molecular weight excluding hydrogens is 630 g/mol. The number of rotatable bonds is 7. The van der Waals surface area contributed by atoms with Crippen molar-refractivity contribution in [2.75, 3.05) is 26.3 Å². The largest absolute Gasteiger partial charge is 0.463 e. The van der Waals surface area contributed by atoms with Crippen LogP contribution in [0.2, 0.25) is 0 Å². The van der Waals surface area contributed by atoms with Gasteiger partial charge < -0.3 is 29.7 Å². The SMILES string of the molecule is CCCCN1C/C=C\CCC(=O)OC[C@H](c2ccccc2)NC(=O)[C@H]2[C@@H]3O[C@@]4(C=C3Br)[C@@H]2C(=O)N([C@@H](CO)C(C)C)[C@@H]4C1=O. The molecule has 11 heteroatoms. The molecule has 10 nitrogen and oxygen atoms in total. The van der Waals surface area contributed by atoms with Crippen molar-refractivity contribution in [3.63, 3.8) is 0 Å². The first-order valence-corrected chi connectivity index (χ1v) is 16.4. The third-order valence-electron chi connectivity index (χ3n) is 9.24. The Balaban J connectivity index is 1.61. The lowest BCUT2D eigenvalue weighted by Gasteiger charge is -2.40. The molecule has 4 aliphatic rings. The number of aliphatic hydroxyl groups excluding tert-OH is 1. The van der Waals surface area contributed by atoms with Gasteiger partial charge >= 0.3 is 5.97 Å². The van der Waals surface area contributed by atoms with Gasteiger partial charge in [-0.15, -0.1) is 0 Å². The summed E-state index contributed by atoms with van der Waals surface area (Å²) >= 11 is 3.60. The van der Waals surface area contributed by atoms with Crippen molar-refractivity contribution in [3.8, 4) is 0 Å². The second-order valence-electron chi connectivity index (χ2n) is 12.4. The van der Waals surface area contributed by atoms with Gasteiger partial charge in [-0.3, -0.25) is 19.2 Å². The molecule has 4 aliphatic heterocycles. The number of nitrogens with zero attached hydrogens (tertiary/aromatic N) is 2. The zero-order chi connectivity index (χ0) is 31.6. The number of amides is 3. The van der Waals surface area contributed by atoms with E-state index in [1.807, 2.05) is 63.3 Å². The molecule has 0 aliphatic carbocycles. The number of benzene rings is 1. The Labute approximate surface area is 266 Å². The molecule has 1 aromatic rings. The first-order chi connectivity index (χ1) is 21.1. The molecular formula is C33H42BrN3O7. The topological polar surface area (TPSA) is 125 Å². The van der Waals surface area contributed by atoms with Crippen LogP contribution in [0.3, 0.4) is 0 Å². The fourth-order valence-corrected chi connectivity index (χ4v) is 7.71. The van der Waals surface area contributed by atoms with Crippen LogP contribution in [0.4, 0.5) is 0 Å². The lowest BCUT2D eigenvalue weighted by atomic mass is 9.74. The first-order valence-electron chi connectivity index (χ1n) is 15.6. The smallest absolute Gasteiger partial charge is 0.306 e. The molecule has 2 saturated heterocycles. The monoisotopic (exact) mass is 671 g/mol. The van der Waals surface area contributed by atoms with Crippen LogP contribution in [0.25, 0.3) is 0 Å². The molecule has 2 N–H and O–H groups in total. The predicted molar refractivity (Wildman–Crippen MR) is 166 cm³/mol. The van der Waals surface area contributed by atoms with Gasteiger partial charge in [0.25, 0.3) is 0 Å². The number of carbonyl (C=O) groups excluding carboxylic acids is 4. The Morgan fingerprint density at radius 2 is 1.86 bits per heavy atom. The summed E-state index contributed by atoms with van der Waals surface area (Å²) in [5.41, 5.74) is -0.641. The van der Waals surface area contributed by atoms with Crippen molar-refractivity contribution in [1.82, 2.24) is 15.1 Å². The number of fused-ring (bicyclic) bond motifs is 2. The molecule has 4 heterocycles. The molecule has 7 atom stereocenters. The van der Waals surface area contributed by atoms with Gasteiger partial charge in [0, 0.05) is 24.0 Å². The van der Waals surface area contributed by atoms with Crippen LogP contribution in [0.1, 0.15) is 58.1 Å². The maximum atomic E-state index is 14.6. The Morgan fingerprint density at radius 3 is 2.55 bits per heavy atom. The van der Waals surface area contributed by atoms with Gasteiger partial charge in [-0.1, -0.05) is 85.6 Å². The second kappa shape index (κ2) is 13.5. The number of unbranched alkanes of at least 4 members (excludes halogenated alkanes) is 1. The van der Waals surface area contributed by atoms with Gasteiger partial charge in [-0.25, -0.2) is 0 Å². The van der Waals surface area contributed by atoms with Gasteiger partial charge in [0.15, 0.2) is 0 Å². The van der Waals surface area contributed by atoms with Crippen molar-refractivity contribution in [2.45, 2.75) is 76.3 Å². The number of nitrogens with one attached hydrogen (secondary N) is 1. The number of ether oxygens (including phenoxy) is 2. The van der Waals surface area contributed by atoms with E-state index in [1.165, 1.54) is 4.90 Å². The Hall–Kier alpha value is -3.02. The summed E-state index contributed by atoms with van der Waals surface area (Å²) in [6.07, 6.45) is 6.95. The van der Waals surface area contributed by atoms with Gasteiger partial charge in [0.05, 0.1) is 30.5 Å². The third kappa shape index (κ3) is 5.86. The molecule has 1 aromatic carbocycles. The summed E-state index contributed by atoms with van der Waals surface area (Å²) in [6, 6.07) is 6.84. The zero-order valence-corrected chi connectivity index (χ0v) is 27.1. The molecule has 5 bridgehead atoms. The van der Waals surface area contributed by atoms with E-state index in [4.69, 9.17) is 9.47 Å². The highest BCUT2D eigenvalue weighted by molar-refractivity contribution is 9.11. The standard InChI is InChI=1S/C33H42BrN3O7/c1-4-5-15-36-16-11-7-10-14-25(39)43-19-23(21-12-8-6-9-13-21)35-30(40)26-27-31(41)37(24(18-38)20(2)3)29(32(36)42)33(27)17-22(34)28(26)44-33/h6-9,11-13,17,20,23-24,26-29,38H,4-5,10,14-16,18-19H2,1-3H3,(H,35,40)/b11-7-/t23-,24+,26-,27+,28-,29-,33+/m1/s1. The summed E-state index contributed by atoms with van der Waals surface area (Å²) in [5.74, 6) is -3.59. The molecule has 0 aromatic heterocycles. The number of hydrogen-bond acceptors (Lipinski definition) is 7. The molecule has 1 spiro atoms. The van der Waals surface area contributed by atoms with E-state index >= 15 is 0 Å². The van der Waals surface area contributed by atoms with Crippen LogP contribution in [0, 0.1) is 17.8 Å². The highest BCUT2D eigenvalue weighted by Crippen LogP contribution is 2.59. The fourth-order valence-electron chi connectivity index (χ4n) is 6.97. The summed E-state index contributed by atoms with van der Waals surface area (Å²) < 4.78 is 12.8. The Kier molecular flexibility index (Phi) is 9.96. The maximum Gasteiger partial charge on any atom is 0.306 e. The van der Waals surface area contributed by atoms with E-state index in [9.17, 15) is 24.3 Å². The summed E-state index contributed by atoms with van der Waals surface area (Å²) in [5, 5.41) is 13.5. The van der Waals surface area contributed by atoms with Crippen molar-refractivity contribution in [2.24, 2.45) is 17.8 Å². The Bertz CT molecular complexity index is 1320. The predicted octanol–water partition coefficient (Wildman–Crippen LogP) is 3.26. The van der Waals surface area contributed by atoms with E-state index in [2.05, 4.69) is 21.2 Å². The van der Waals surface area contributed by atoms with E-state index in [1.54, 1.807) is 11.0 Å². The molecule has 2 fully saturated rings.